The molecular formula is C87H120N24O18S. The zero-order valence-electron chi connectivity index (χ0n) is 73.9. The van der Waals surface area contributed by atoms with Gasteiger partial charge in [0.15, 0.2) is 5.96 Å². The highest BCUT2D eigenvalue weighted by Gasteiger charge is 2.45. The van der Waals surface area contributed by atoms with Gasteiger partial charge in [-0.3, -0.25) is 86.9 Å². The van der Waals surface area contributed by atoms with Gasteiger partial charge in [-0.2, -0.15) is 0 Å². The molecule has 3 aromatic heterocycles. The van der Waals surface area contributed by atoms with Crippen LogP contribution in [0.3, 0.4) is 0 Å². The molecule has 43 heteroatoms. The summed E-state index contributed by atoms with van der Waals surface area (Å²) in [5.41, 5.74) is 20.0. The number of benzene rings is 3. The Morgan fingerprint density at radius 1 is 0.546 bits per heavy atom. The van der Waals surface area contributed by atoms with Crippen LogP contribution in [0.25, 0.3) is 21.8 Å². The van der Waals surface area contributed by atoms with Gasteiger partial charge in [0.05, 0.1) is 38.2 Å². The predicted molar refractivity (Wildman–Crippen MR) is 478 cm³/mol. The van der Waals surface area contributed by atoms with Gasteiger partial charge in [0.25, 0.3) is 0 Å². The number of hydrogen-bond donors (Lipinski definition) is 19. The topological polar surface area (TPSA) is 621 Å². The molecule has 0 saturated carbocycles. The molecule has 9 rings (SSSR count). The van der Waals surface area contributed by atoms with Crippen LogP contribution in [-0.4, -0.2) is 306 Å². The second-order valence-corrected chi connectivity index (χ2v) is 34.3. The number of amides is 17. The standard InChI is InChI=1S/C87H120N24O18S/c1-8-9-27-67-80(123)100-58(26-17-30-93-87(90)91)76(119)106-66(75(118)96-42-71(89)114)45-130-46-73(116)99-62(34-50-20-11-10-12-21-50)83(126)108(6)49(4)74(117)102-64(38-70(88)113)85(128)110-31-18-28-68(110)81(124)101-60(37-53-41-92-47-97-53)78(121)103-61(33-48(2)3)82(125)107(5)43-72(115)98-59(35-51-39-94-56-24-15-13-22-54(51)56)77(120)105-65(44-112)79(122)104-63(36-52-40-95-57-25-16-14-23-55(52)57)84(127)111-32-19-29-69(111)86(129)109(67)7/h10-16,20-25,39-41,47-49,58-69,94-95,112H,8-9,17-19,26-38,42-46H2,1-7H3,(H2,88,113)(H2,89,114)(H,92,97)(H,96,118)(H,98,115)(H,99,116)(H,100,123)(H,101,124)(H,102,117)(H,103,121)(H,104,122)(H,105,120)(H,106,119)(H4,90,91,93)/t49-,58-,59-,60-,61-,62-,63-,64-,65-,66-,67-,68-,69-/m0/s1. The number of carbonyl (C=O) groups is 17. The minimum absolute atomic E-state index is 0.00747. The molecule has 6 heterocycles. The first-order valence-electron chi connectivity index (χ1n) is 43.4. The van der Waals surface area contributed by atoms with Crippen LogP contribution in [-0.2, 0) is 107 Å². The molecule has 17 amide bonds. The molecule has 130 heavy (non-hydrogen) atoms. The largest absolute Gasteiger partial charge is 0.394 e. The number of guanidine groups is 1. The van der Waals surface area contributed by atoms with Crippen molar-refractivity contribution in [2.24, 2.45) is 23.1 Å². The lowest BCUT2D eigenvalue weighted by molar-refractivity contribution is -0.148. The molecule has 22 N–H and O–H groups in total. The first-order chi connectivity index (χ1) is 62.0. The van der Waals surface area contributed by atoms with E-state index in [0.29, 0.717) is 57.0 Å². The van der Waals surface area contributed by atoms with Gasteiger partial charge in [-0.1, -0.05) is 100 Å². The third-order valence-corrected chi connectivity index (χ3v) is 24.1. The number of para-hydroxylation sites is 2. The fourth-order valence-electron chi connectivity index (χ4n) is 16.0. The lowest BCUT2D eigenvalue weighted by atomic mass is 10.0. The number of aliphatic hydroxyl groups excluding tert-OH is 1. The lowest BCUT2D eigenvalue weighted by Gasteiger charge is -2.35. The van der Waals surface area contributed by atoms with E-state index in [1.165, 1.54) is 50.4 Å². The smallest absolute Gasteiger partial charge is 0.246 e. The Kier molecular flexibility index (Phi) is 37.1. The Labute approximate surface area is 755 Å². The SMILES string of the molecule is CCCC[C@H]1C(=O)N[C@@H](CCCNC(=N)N)C(=O)N[C@H](C(=O)NCC(N)=O)CSCC(=O)N[C@@H](Cc2ccccc2)C(=O)N(C)[C@@H](C)C(=O)N[C@@H](CC(N)=O)C(=O)N2CCC[C@H]2C(=O)N[C@@H](Cc2cnc[nH]2)C(=O)N[C@@H](CC(C)C)C(=O)N(C)CC(=O)N[C@@H](Cc2c[nH]c3ccccc23)C(=O)N[C@@H](CO)C(=O)N[C@@H](Cc2c[nH]c3ccccc23)C(=O)N2CCC[C@H]2C(=O)N1C. The van der Waals surface area contributed by atoms with Gasteiger partial charge in [0.2, 0.25) is 100 Å². The Bertz CT molecular complexity index is 5050. The van der Waals surface area contributed by atoms with Crippen molar-refractivity contribution in [3.63, 3.8) is 0 Å². The number of fused-ring (bicyclic) bond motifs is 4. The number of likely N-dealkylation sites (N-methyl/N-ethyl adjacent to an activating group) is 3. The first kappa shape index (κ1) is 100. The summed E-state index contributed by atoms with van der Waals surface area (Å²) in [6, 6.07) is 3.15. The van der Waals surface area contributed by atoms with E-state index in [-0.39, 0.29) is 103 Å². The van der Waals surface area contributed by atoms with Crippen molar-refractivity contribution in [3.05, 3.63) is 126 Å². The number of aliphatic hydroxyl groups is 1. The number of H-pyrrole nitrogens is 3. The summed E-state index contributed by atoms with van der Waals surface area (Å²) in [5, 5.41) is 49.3. The summed E-state index contributed by atoms with van der Waals surface area (Å²) in [6.45, 7) is 4.07. The van der Waals surface area contributed by atoms with Crippen molar-refractivity contribution >= 4 is 140 Å². The van der Waals surface area contributed by atoms with Crippen LogP contribution in [0, 0.1) is 11.3 Å². The summed E-state index contributed by atoms with van der Waals surface area (Å²) in [6.07, 6.45) is 5.59. The Hall–Kier alpha value is -13.5. The predicted octanol–water partition coefficient (Wildman–Crippen LogP) is -3.16. The summed E-state index contributed by atoms with van der Waals surface area (Å²) in [7, 11) is 3.90. The third kappa shape index (κ3) is 28.0. The molecule has 42 nitrogen and oxygen atoms in total. The minimum atomic E-state index is -1.83. The van der Waals surface area contributed by atoms with Gasteiger partial charge in [-0.15, -0.1) is 11.8 Å². The number of rotatable bonds is 23. The second kappa shape index (κ2) is 48.1. The molecule has 3 aliphatic heterocycles. The number of carbonyl (C=O) groups excluding carboxylic acids is 17. The van der Waals surface area contributed by atoms with E-state index in [0.717, 1.165) is 26.5 Å². The van der Waals surface area contributed by atoms with E-state index in [1.807, 2.05) is 6.92 Å². The number of nitrogens with zero attached hydrogens (tertiary/aromatic N) is 6. The first-order valence-corrected chi connectivity index (χ1v) is 44.5. The number of aromatic amines is 3. The summed E-state index contributed by atoms with van der Waals surface area (Å²) in [4.78, 5) is 266. The van der Waals surface area contributed by atoms with E-state index in [9.17, 15) is 62.6 Å². The van der Waals surface area contributed by atoms with Crippen LogP contribution in [0.2, 0.25) is 0 Å². The molecule has 3 aromatic carbocycles. The van der Waals surface area contributed by atoms with Crippen molar-refractivity contribution < 1.29 is 86.6 Å². The average molecular weight is 1820 g/mol. The minimum Gasteiger partial charge on any atom is -0.394 e. The van der Waals surface area contributed by atoms with Gasteiger partial charge in [0.1, 0.15) is 78.5 Å². The van der Waals surface area contributed by atoms with Gasteiger partial charge in [0, 0.05) is 118 Å². The number of unbranched alkanes of at least 4 members (excludes halogenated alkanes) is 1. The van der Waals surface area contributed by atoms with Gasteiger partial charge >= 0.3 is 0 Å². The van der Waals surface area contributed by atoms with E-state index in [4.69, 9.17) is 22.6 Å². The van der Waals surface area contributed by atoms with E-state index < -0.39 is 223 Å². The monoisotopic (exact) mass is 1820 g/mol. The maximum absolute atomic E-state index is 15.6. The van der Waals surface area contributed by atoms with E-state index in [1.54, 1.807) is 105 Å². The van der Waals surface area contributed by atoms with Crippen molar-refractivity contribution in [1.82, 2.24) is 103 Å². The molecule has 0 bridgehead atoms. The van der Waals surface area contributed by atoms with Crippen LogP contribution in [0.4, 0.5) is 0 Å². The Balaban J connectivity index is 1.07. The number of aromatic nitrogens is 4. The normalized spacial score (nSPS) is 24.1. The van der Waals surface area contributed by atoms with Gasteiger partial charge < -0.3 is 120 Å². The highest BCUT2D eigenvalue weighted by Crippen LogP contribution is 2.28. The molecule has 0 radical (unpaired) electrons. The fourth-order valence-corrected chi connectivity index (χ4v) is 16.9. The summed E-state index contributed by atoms with van der Waals surface area (Å²) >= 11 is 0.797. The van der Waals surface area contributed by atoms with Gasteiger partial charge in [-0.25, -0.2) is 4.98 Å². The Morgan fingerprint density at radius 3 is 1.70 bits per heavy atom. The molecule has 0 aliphatic carbocycles. The zero-order valence-corrected chi connectivity index (χ0v) is 74.7. The molecule has 3 aliphatic rings. The van der Waals surface area contributed by atoms with Crippen molar-refractivity contribution in [1.29, 1.82) is 5.41 Å². The molecule has 0 unspecified atom stereocenters. The van der Waals surface area contributed by atoms with E-state index in [2.05, 4.69) is 78.4 Å². The number of nitrogens with one attached hydrogen (secondary N) is 15. The average Bonchev–Trinajstić information content (AvgIpc) is 1.63. The maximum Gasteiger partial charge on any atom is 0.246 e. The molecule has 702 valence electrons. The van der Waals surface area contributed by atoms with E-state index >= 15 is 24.0 Å². The van der Waals surface area contributed by atoms with Crippen LogP contribution in [0.15, 0.2) is 104 Å². The molecule has 13 atom stereocenters. The fraction of sp³-hybridized carbons (Fsp3) is 0.506. The van der Waals surface area contributed by atoms with Crippen LogP contribution >= 0.6 is 11.8 Å². The molecule has 0 spiro atoms. The summed E-state index contributed by atoms with van der Waals surface area (Å²) in [5.74, 6) is -16.9. The Morgan fingerprint density at radius 2 is 1.09 bits per heavy atom. The summed E-state index contributed by atoms with van der Waals surface area (Å²) < 4.78 is 0. The van der Waals surface area contributed by atoms with Crippen LogP contribution < -0.4 is 75.7 Å². The number of nitrogens with two attached hydrogens (primary N) is 3. The number of primary amides is 2. The highest BCUT2D eigenvalue weighted by atomic mass is 32.2. The molecule has 6 aromatic rings. The second-order valence-electron chi connectivity index (χ2n) is 33.2. The van der Waals surface area contributed by atoms with Crippen molar-refractivity contribution in [2.45, 2.75) is 203 Å². The maximum atomic E-state index is 15.6. The molecule has 3 saturated heterocycles. The van der Waals surface area contributed by atoms with Crippen molar-refractivity contribution in [3.8, 4) is 0 Å². The zero-order chi connectivity index (χ0) is 94.6. The molecule has 3 fully saturated rings. The number of imidazole rings is 1. The number of hydrogen-bond acceptors (Lipinski definition) is 21. The van der Waals surface area contributed by atoms with Crippen LogP contribution in [0.1, 0.15) is 121 Å². The van der Waals surface area contributed by atoms with Crippen molar-refractivity contribution in [2.75, 3.05) is 72.0 Å². The third-order valence-electron chi connectivity index (χ3n) is 23.0. The lowest BCUT2D eigenvalue weighted by Crippen LogP contribution is -2.61. The highest BCUT2D eigenvalue weighted by molar-refractivity contribution is 8.00. The quantitative estimate of drug-likeness (QED) is 0.0171. The van der Waals surface area contributed by atoms with Crippen LogP contribution in [0.5, 0.6) is 0 Å². The van der Waals surface area contributed by atoms with Gasteiger partial charge in [-0.05, 0) is 93.0 Å². The molecular weight excluding hydrogens is 1700 g/mol. The number of thioether (sulfide) groups is 1.